The van der Waals surface area contributed by atoms with Crippen molar-refractivity contribution in [2.75, 3.05) is 24.6 Å². The van der Waals surface area contributed by atoms with E-state index in [0.717, 1.165) is 41.3 Å². The van der Waals surface area contributed by atoms with Crippen molar-refractivity contribution in [3.63, 3.8) is 0 Å². The predicted molar refractivity (Wildman–Crippen MR) is 142 cm³/mol. The van der Waals surface area contributed by atoms with E-state index in [1.54, 1.807) is 15.9 Å². The molecule has 0 aliphatic carbocycles. The molecule has 0 radical (unpaired) electrons. The Kier molecular flexibility index (Phi) is 6.76. The van der Waals surface area contributed by atoms with Crippen LogP contribution >= 0.6 is 11.3 Å². The van der Waals surface area contributed by atoms with Crippen molar-refractivity contribution < 1.29 is 37.0 Å². The normalized spacial score (nSPS) is 19.2. The fraction of sp³-hybridized carbons (Fsp3) is 0.385. The predicted octanol–water partition coefficient (Wildman–Crippen LogP) is 5.58. The summed E-state index contributed by atoms with van der Waals surface area (Å²) in [5, 5.41) is 11.8. The first-order valence-corrected chi connectivity index (χ1v) is 13.5. The van der Waals surface area contributed by atoms with E-state index in [1.807, 2.05) is 25.1 Å². The summed E-state index contributed by atoms with van der Waals surface area (Å²) in [6.07, 6.45) is -1.95. The molecule has 2 aliphatic rings. The number of nitro groups is 1. The lowest BCUT2D eigenvalue weighted by molar-refractivity contribution is -0.389. The van der Waals surface area contributed by atoms with Gasteiger partial charge in [-0.25, -0.2) is 4.98 Å². The molecular formula is C26H24F3N5O6S. The molecule has 6 rings (SSSR count). The molecule has 1 unspecified atom stereocenters. The first kappa shape index (κ1) is 26.9. The summed E-state index contributed by atoms with van der Waals surface area (Å²) in [6.45, 7) is 3.93. The van der Waals surface area contributed by atoms with Crippen LogP contribution in [0.5, 0.6) is 23.3 Å². The van der Waals surface area contributed by atoms with Gasteiger partial charge in [-0.1, -0.05) is 11.3 Å². The standard InChI is InChI=1S/C26H24F3N5O6S/c1-25(14-33-13-22(34(35)36)31-23(33)40-25)15-37-19-6-7-20-21(12-19)41-24(30-20)32-10-8-17(9-11-32)38-16-2-4-18(5-3-16)39-26(27,28)29/h2-7,12-13,17H,8-11,14-15H2,1H3. The van der Waals surface area contributed by atoms with E-state index in [0.29, 0.717) is 18.0 Å². The molecule has 11 nitrogen and oxygen atoms in total. The van der Waals surface area contributed by atoms with Crippen molar-refractivity contribution in [1.29, 1.82) is 0 Å². The van der Waals surface area contributed by atoms with E-state index < -0.39 is 16.9 Å². The second kappa shape index (κ2) is 10.3. The van der Waals surface area contributed by atoms with Crippen molar-refractivity contribution in [3.05, 3.63) is 58.8 Å². The molecule has 216 valence electrons. The number of nitrogens with zero attached hydrogens (tertiary/aromatic N) is 5. The SMILES string of the molecule is CC1(COc2ccc3nc(N4CCC(Oc5ccc(OC(F)(F)F)cc5)CC4)sc3c2)Cn2cc([N+](=O)[O-])nc2O1. The van der Waals surface area contributed by atoms with Gasteiger partial charge in [0.2, 0.25) is 0 Å². The third-order valence-electron chi connectivity index (χ3n) is 6.72. The summed E-state index contributed by atoms with van der Waals surface area (Å²) in [7, 11) is 0. The monoisotopic (exact) mass is 591 g/mol. The highest BCUT2D eigenvalue weighted by molar-refractivity contribution is 7.22. The lowest BCUT2D eigenvalue weighted by Gasteiger charge is -2.31. The topological polar surface area (TPSA) is 114 Å². The van der Waals surface area contributed by atoms with E-state index in [1.165, 1.54) is 30.5 Å². The molecule has 4 aromatic rings. The maximum Gasteiger partial charge on any atom is 0.573 e. The van der Waals surface area contributed by atoms with E-state index in [2.05, 4.69) is 14.6 Å². The highest BCUT2D eigenvalue weighted by Gasteiger charge is 2.41. The zero-order valence-corrected chi connectivity index (χ0v) is 22.5. The van der Waals surface area contributed by atoms with Gasteiger partial charge in [0.15, 0.2) is 10.7 Å². The fourth-order valence-electron chi connectivity index (χ4n) is 4.79. The number of piperidine rings is 1. The van der Waals surface area contributed by atoms with Crippen LogP contribution in [0.15, 0.2) is 48.7 Å². The van der Waals surface area contributed by atoms with Crippen molar-refractivity contribution >= 4 is 32.5 Å². The van der Waals surface area contributed by atoms with Crippen LogP contribution in [0.1, 0.15) is 19.8 Å². The second-order valence-corrected chi connectivity index (χ2v) is 11.1. The lowest BCUT2D eigenvalue weighted by atomic mass is 10.1. The summed E-state index contributed by atoms with van der Waals surface area (Å²) < 4.78 is 61.4. The minimum atomic E-state index is -4.73. The first-order chi connectivity index (χ1) is 19.5. The number of benzene rings is 2. The summed E-state index contributed by atoms with van der Waals surface area (Å²) in [5.41, 5.74) is 0.143. The van der Waals surface area contributed by atoms with Crippen LogP contribution in [0.4, 0.5) is 24.1 Å². The largest absolute Gasteiger partial charge is 0.573 e. The average Bonchev–Trinajstić information content (AvgIpc) is 3.60. The molecule has 2 aromatic carbocycles. The number of hydrogen-bond acceptors (Lipinski definition) is 10. The highest BCUT2D eigenvalue weighted by Crippen LogP contribution is 2.35. The summed E-state index contributed by atoms with van der Waals surface area (Å²) in [5.74, 6) is 0.616. The first-order valence-electron chi connectivity index (χ1n) is 12.7. The quantitative estimate of drug-likeness (QED) is 0.191. The Morgan fingerprint density at radius 1 is 1.12 bits per heavy atom. The molecule has 0 spiro atoms. The van der Waals surface area contributed by atoms with Crippen LogP contribution in [0.25, 0.3) is 10.2 Å². The molecule has 41 heavy (non-hydrogen) atoms. The van der Waals surface area contributed by atoms with Crippen LogP contribution in [0.2, 0.25) is 0 Å². The van der Waals surface area contributed by atoms with Crippen LogP contribution < -0.4 is 23.8 Å². The zero-order chi connectivity index (χ0) is 28.8. The molecule has 0 bridgehead atoms. The number of ether oxygens (including phenoxy) is 4. The number of alkyl halides is 3. The fourth-order valence-corrected chi connectivity index (χ4v) is 5.83. The minimum Gasteiger partial charge on any atom is -0.490 e. The minimum absolute atomic E-state index is 0.0577. The van der Waals surface area contributed by atoms with Crippen molar-refractivity contribution in [2.24, 2.45) is 0 Å². The second-order valence-electron chi connectivity index (χ2n) is 10.1. The number of fused-ring (bicyclic) bond motifs is 2. The van der Waals surface area contributed by atoms with Gasteiger partial charge in [0, 0.05) is 30.9 Å². The van der Waals surface area contributed by atoms with Gasteiger partial charge >= 0.3 is 18.2 Å². The van der Waals surface area contributed by atoms with Crippen LogP contribution in [0.3, 0.4) is 0 Å². The average molecular weight is 592 g/mol. The summed E-state index contributed by atoms with van der Waals surface area (Å²) >= 11 is 1.56. The number of anilines is 1. The summed E-state index contributed by atoms with van der Waals surface area (Å²) in [4.78, 5) is 21.2. The van der Waals surface area contributed by atoms with Crippen LogP contribution in [0, 0.1) is 10.1 Å². The zero-order valence-electron chi connectivity index (χ0n) is 21.7. The number of halogens is 3. The number of rotatable bonds is 8. The van der Waals surface area contributed by atoms with E-state index in [9.17, 15) is 23.3 Å². The third-order valence-corrected chi connectivity index (χ3v) is 7.80. The van der Waals surface area contributed by atoms with Gasteiger partial charge in [-0.2, -0.15) is 0 Å². The Labute approximate surface area is 235 Å². The van der Waals surface area contributed by atoms with E-state index >= 15 is 0 Å². The highest BCUT2D eigenvalue weighted by atomic mass is 32.1. The Hall–Kier alpha value is -4.27. The maximum atomic E-state index is 12.4. The summed E-state index contributed by atoms with van der Waals surface area (Å²) in [6, 6.07) is 11.3. The third kappa shape index (κ3) is 6.09. The molecule has 15 heteroatoms. The van der Waals surface area contributed by atoms with Gasteiger partial charge < -0.3 is 34.0 Å². The van der Waals surface area contributed by atoms with E-state index in [-0.39, 0.29) is 30.3 Å². The Bertz CT molecular complexity index is 1540. The van der Waals surface area contributed by atoms with Gasteiger partial charge in [0.1, 0.15) is 36.2 Å². The van der Waals surface area contributed by atoms with Gasteiger partial charge in [-0.3, -0.25) is 4.57 Å². The Balaban J connectivity index is 1.02. The molecule has 2 aromatic heterocycles. The van der Waals surface area contributed by atoms with Crippen molar-refractivity contribution in [1.82, 2.24) is 14.5 Å². The smallest absolute Gasteiger partial charge is 0.490 e. The van der Waals surface area contributed by atoms with Crippen molar-refractivity contribution in [3.8, 4) is 23.3 Å². The molecule has 0 N–H and O–H groups in total. The molecule has 1 fully saturated rings. The van der Waals surface area contributed by atoms with Gasteiger partial charge in [0.05, 0.1) is 16.8 Å². The number of hydrogen-bond donors (Lipinski definition) is 0. The Morgan fingerprint density at radius 2 is 1.83 bits per heavy atom. The van der Waals surface area contributed by atoms with Crippen LogP contribution in [-0.2, 0) is 6.54 Å². The number of thiazole rings is 1. The van der Waals surface area contributed by atoms with Gasteiger partial charge in [-0.15, -0.1) is 13.2 Å². The van der Waals surface area contributed by atoms with Gasteiger partial charge in [0.25, 0.3) is 0 Å². The van der Waals surface area contributed by atoms with Gasteiger partial charge in [-0.05, 0) is 54.3 Å². The van der Waals surface area contributed by atoms with E-state index in [4.69, 9.17) is 19.2 Å². The molecule has 0 amide bonds. The lowest BCUT2D eigenvalue weighted by Crippen LogP contribution is -2.38. The molecule has 1 saturated heterocycles. The maximum absolute atomic E-state index is 12.4. The molecule has 0 saturated carbocycles. The number of aromatic nitrogens is 3. The molecule has 2 aliphatic heterocycles. The molecule has 1 atom stereocenters. The van der Waals surface area contributed by atoms with Crippen LogP contribution in [-0.4, -0.2) is 57.2 Å². The Morgan fingerprint density at radius 3 is 2.51 bits per heavy atom. The molecule has 4 heterocycles. The molecular weight excluding hydrogens is 567 g/mol. The van der Waals surface area contributed by atoms with Crippen molar-refractivity contribution in [2.45, 2.75) is 44.4 Å². The number of imidazole rings is 1.